The molecule has 4 aromatic rings. The molecule has 2 heterocycles. The third-order valence-corrected chi connectivity index (χ3v) is 5.06. The number of carbonyl (C=O) groups excluding carboxylic acids is 1. The fraction of sp³-hybridized carbons (Fsp3) is 0.100. The first-order valence-corrected chi connectivity index (χ1v) is 9.34. The van der Waals surface area contributed by atoms with Crippen LogP contribution in [0.15, 0.2) is 61.2 Å². The molecule has 0 fully saturated rings. The van der Waals surface area contributed by atoms with Crippen LogP contribution >= 0.6 is 11.3 Å². The predicted octanol–water partition coefficient (Wildman–Crippen LogP) is 3.96. The molecule has 2 aromatic heterocycles. The fourth-order valence-corrected chi connectivity index (χ4v) is 3.60. The minimum atomic E-state index is -0.225. The molecule has 0 radical (unpaired) electrons. The largest absolute Gasteiger partial charge is 0.497 e. The van der Waals surface area contributed by atoms with Crippen molar-refractivity contribution >= 4 is 22.4 Å². The van der Waals surface area contributed by atoms with Crippen LogP contribution in [0, 0.1) is 6.92 Å². The molecule has 0 atom stereocenters. The average Bonchev–Trinajstić information content (AvgIpc) is 3.38. The van der Waals surface area contributed by atoms with Crippen LogP contribution in [-0.4, -0.2) is 32.8 Å². The summed E-state index contributed by atoms with van der Waals surface area (Å²) in [6.45, 7) is 1.98. The Labute approximate surface area is 165 Å². The number of hydrogen-bond donors (Lipinski definition) is 1. The number of amides is 1. The van der Waals surface area contributed by atoms with Gasteiger partial charge in [-0.25, -0.2) is 14.6 Å². The van der Waals surface area contributed by atoms with Crippen LogP contribution in [0.25, 0.3) is 16.9 Å². The minimum Gasteiger partial charge on any atom is -0.497 e. The van der Waals surface area contributed by atoms with Crippen molar-refractivity contribution < 1.29 is 9.53 Å². The Kier molecular flexibility index (Phi) is 4.86. The maximum atomic E-state index is 12.7. The Morgan fingerprint density at radius 2 is 2.00 bits per heavy atom. The number of hydrogen-bond acceptors (Lipinski definition) is 6. The molecule has 0 saturated carbocycles. The fourth-order valence-electron chi connectivity index (χ4n) is 2.77. The summed E-state index contributed by atoms with van der Waals surface area (Å²) in [6.07, 6.45) is 3.04. The van der Waals surface area contributed by atoms with E-state index < -0.39 is 0 Å². The highest BCUT2D eigenvalue weighted by Gasteiger charge is 2.14. The van der Waals surface area contributed by atoms with Gasteiger partial charge in [-0.3, -0.25) is 10.1 Å². The van der Waals surface area contributed by atoms with Crippen LogP contribution in [0.2, 0.25) is 0 Å². The molecule has 7 nitrogen and oxygen atoms in total. The SMILES string of the molecule is COc1ccc(-c2nc(NC(=O)c3cccc(-n4cncn4)c3)sc2C)cc1. The minimum absolute atomic E-state index is 0.225. The van der Waals surface area contributed by atoms with E-state index in [0.29, 0.717) is 10.7 Å². The van der Waals surface area contributed by atoms with Crippen LogP contribution in [0.5, 0.6) is 5.75 Å². The molecule has 1 N–H and O–H groups in total. The van der Waals surface area contributed by atoms with Gasteiger partial charge in [0.1, 0.15) is 18.4 Å². The number of ether oxygens (including phenoxy) is 1. The van der Waals surface area contributed by atoms with Crippen LogP contribution in [0.3, 0.4) is 0 Å². The van der Waals surface area contributed by atoms with Gasteiger partial charge in [0.15, 0.2) is 5.13 Å². The highest BCUT2D eigenvalue weighted by molar-refractivity contribution is 7.16. The third-order valence-electron chi connectivity index (χ3n) is 4.17. The van der Waals surface area contributed by atoms with E-state index in [2.05, 4.69) is 20.4 Å². The van der Waals surface area contributed by atoms with Gasteiger partial charge in [0.05, 0.1) is 18.5 Å². The molecule has 0 aliphatic heterocycles. The summed E-state index contributed by atoms with van der Waals surface area (Å²) >= 11 is 1.44. The number of thiazole rings is 1. The normalized spacial score (nSPS) is 10.6. The Morgan fingerprint density at radius 1 is 1.18 bits per heavy atom. The van der Waals surface area contributed by atoms with Gasteiger partial charge in [-0.15, -0.1) is 11.3 Å². The van der Waals surface area contributed by atoms with Gasteiger partial charge in [0.25, 0.3) is 5.91 Å². The number of anilines is 1. The molecule has 0 bridgehead atoms. The van der Waals surface area contributed by atoms with Crippen molar-refractivity contribution in [2.75, 3.05) is 12.4 Å². The zero-order valence-corrected chi connectivity index (χ0v) is 16.1. The van der Waals surface area contributed by atoms with Crippen molar-refractivity contribution in [3.63, 3.8) is 0 Å². The van der Waals surface area contributed by atoms with Crippen LogP contribution in [0.1, 0.15) is 15.2 Å². The van der Waals surface area contributed by atoms with Gasteiger partial charge >= 0.3 is 0 Å². The van der Waals surface area contributed by atoms with Crippen molar-refractivity contribution in [1.82, 2.24) is 19.7 Å². The summed E-state index contributed by atoms with van der Waals surface area (Å²) in [5.74, 6) is 0.564. The number of aryl methyl sites for hydroxylation is 1. The maximum absolute atomic E-state index is 12.7. The molecule has 4 rings (SSSR count). The Balaban J connectivity index is 1.55. The van der Waals surface area contributed by atoms with Crippen LogP contribution in [-0.2, 0) is 0 Å². The van der Waals surface area contributed by atoms with Gasteiger partial charge in [0, 0.05) is 16.0 Å². The summed E-state index contributed by atoms with van der Waals surface area (Å²) in [5.41, 5.74) is 3.11. The van der Waals surface area contributed by atoms with E-state index in [9.17, 15) is 4.79 Å². The lowest BCUT2D eigenvalue weighted by molar-refractivity contribution is 0.102. The van der Waals surface area contributed by atoms with Crippen LogP contribution in [0.4, 0.5) is 5.13 Å². The van der Waals surface area contributed by atoms with E-state index in [1.54, 1.807) is 30.3 Å². The molecule has 0 aliphatic rings. The van der Waals surface area contributed by atoms with Gasteiger partial charge in [0.2, 0.25) is 0 Å². The van der Waals surface area contributed by atoms with Gasteiger partial charge < -0.3 is 4.74 Å². The summed E-state index contributed by atoms with van der Waals surface area (Å²) < 4.78 is 6.80. The molecule has 0 unspecified atom stereocenters. The molecule has 140 valence electrons. The Bertz CT molecular complexity index is 1100. The monoisotopic (exact) mass is 391 g/mol. The zero-order valence-electron chi connectivity index (χ0n) is 15.3. The van der Waals surface area contributed by atoms with E-state index in [0.717, 1.165) is 27.6 Å². The first-order valence-electron chi connectivity index (χ1n) is 8.52. The van der Waals surface area contributed by atoms with Crippen molar-refractivity contribution in [3.05, 3.63) is 71.6 Å². The molecule has 28 heavy (non-hydrogen) atoms. The zero-order chi connectivity index (χ0) is 19.5. The van der Waals surface area contributed by atoms with Crippen molar-refractivity contribution in [3.8, 4) is 22.7 Å². The lowest BCUT2D eigenvalue weighted by Gasteiger charge is -2.05. The number of benzene rings is 2. The number of aromatic nitrogens is 4. The highest BCUT2D eigenvalue weighted by Crippen LogP contribution is 2.31. The lowest BCUT2D eigenvalue weighted by atomic mass is 10.1. The van der Waals surface area contributed by atoms with E-state index in [1.165, 1.54) is 17.7 Å². The summed E-state index contributed by atoms with van der Waals surface area (Å²) in [4.78, 5) is 22.2. The van der Waals surface area contributed by atoms with Gasteiger partial charge in [-0.2, -0.15) is 5.10 Å². The molecular weight excluding hydrogens is 374 g/mol. The topological polar surface area (TPSA) is 81.9 Å². The molecule has 1 amide bonds. The summed E-state index contributed by atoms with van der Waals surface area (Å²) in [6, 6.07) is 14.9. The quantitative estimate of drug-likeness (QED) is 0.557. The summed E-state index contributed by atoms with van der Waals surface area (Å²) in [7, 11) is 1.63. The van der Waals surface area contributed by atoms with Crippen molar-refractivity contribution in [2.24, 2.45) is 0 Å². The number of nitrogens with one attached hydrogen (secondary N) is 1. The molecule has 0 spiro atoms. The number of rotatable bonds is 5. The molecule has 0 aliphatic carbocycles. The van der Waals surface area contributed by atoms with Crippen molar-refractivity contribution in [2.45, 2.75) is 6.92 Å². The van der Waals surface area contributed by atoms with E-state index >= 15 is 0 Å². The second-order valence-corrected chi connectivity index (χ2v) is 7.20. The Hall–Kier alpha value is -3.52. The molecule has 8 heteroatoms. The van der Waals surface area contributed by atoms with E-state index in [-0.39, 0.29) is 5.91 Å². The highest BCUT2D eigenvalue weighted by atomic mass is 32.1. The first-order chi connectivity index (χ1) is 13.6. The van der Waals surface area contributed by atoms with Gasteiger partial charge in [-0.05, 0) is 49.4 Å². The van der Waals surface area contributed by atoms with E-state index in [4.69, 9.17) is 4.74 Å². The second-order valence-electron chi connectivity index (χ2n) is 6.00. The van der Waals surface area contributed by atoms with Crippen molar-refractivity contribution in [1.29, 1.82) is 0 Å². The number of methoxy groups -OCH3 is 1. The van der Waals surface area contributed by atoms with Crippen LogP contribution < -0.4 is 10.1 Å². The Morgan fingerprint density at radius 3 is 2.71 bits per heavy atom. The third kappa shape index (κ3) is 3.63. The van der Waals surface area contributed by atoms with Gasteiger partial charge in [-0.1, -0.05) is 6.07 Å². The lowest BCUT2D eigenvalue weighted by Crippen LogP contribution is -2.12. The molecule has 0 saturated heterocycles. The second kappa shape index (κ2) is 7.61. The molecule has 2 aromatic carbocycles. The maximum Gasteiger partial charge on any atom is 0.257 e. The standard InChI is InChI=1S/C20H17N5O2S/c1-13-18(14-6-8-17(27-2)9-7-14)23-20(28-13)24-19(26)15-4-3-5-16(10-15)25-12-21-11-22-25/h3-12H,1-2H3,(H,23,24,26). The number of carbonyl (C=O) groups is 1. The summed E-state index contributed by atoms with van der Waals surface area (Å²) in [5, 5.41) is 7.52. The number of nitrogens with zero attached hydrogens (tertiary/aromatic N) is 4. The average molecular weight is 391 g/mol. The predicted molar refractivity (Wildman–Crippen MR) is 108 cm³/mol. The molecular formula is C20H17N5O2S. The first kappa shape index (κ1) is 17.9. The van der Waals surface area contributed by atoms with E-state index in [1.807, 2.05) is 43.3 Å². The smallest absolute Gasteiger partial charge is 0.257 e.